The second-order valence-corrected chi connectivity index (χ2v) is 9.18. The summed E-state index contributed by atoms with van der Waals surface area (Å²) in [7, 11) is 0. The lowest BCUT2D eigenvalue weighted by molar-refractivity contribution is 0.0764. The lowest BCUT2D eigenvalue weighted by atomic mass is 9.90. The molecule has 0 spiro atoms. The van der Waals surface area contributed by atoms with Gasteiger partial charge >= 0.3 is 0 Å². The van der Waals surface area contributed by atoms with Crippen molar-refractivity contribution in [1.82, 2.24) is 20.0 Å². The number of hydrogen-bond donors (Lipinski definition) is 1. The summed E-state index contributed by atoms with van der Waals surface area (Å²) in [5, 5.41) is 8.45. The minimum absolute atomic E-state index is 0.101. The number of allylic oxidation sites excluding steroid dienone is 1. The van der Waals surface area contributed by atoms with Gasteiger partial charge in [0.25, 0.3) is 5.91 Å². The Balaban J connectivity index is 1.52. The molecule has 1 N–H and O–H groups in total. The highest BCUT2D eigenvalue weighted by Crippen LogP contribution is 2.27. The number of thioether (sulfide) groups is 1. The number of nitrogens with one attached hydrogen (secondary N) is 1. The molecule has 1 saturated heterocycles. The van der Waals surface area contributed by atoms with Crippen molar-refractivity contribution in [2.24, 2.45) is 0 Å². The summed E-state index contributed by atoms with van der Waals surface area (Å²) in [4.78, 5) is 15.2. The average Bonchev–Trinajstić information content (AvgIpc) is 3.10. The number of benzene rings is 1. The van der Waals surface area contributed by atoms with Crippen molar-refractivity contribution >= 4 is 17.7 Å². The Kier molecular flexibility index (Phi) is 6.40. The molecule has 29 heavy (non-hydrogen) atoms. The average molecular weight is 411 g/mol. The Bertz CT molecular complexity index is 885. The van der Waals surface area contributed by atoms with Gasteiger partial charge in [0.05, 0.1) is 6.54 Å². The summed E-state index contributed by atoms with van der Waals surface area (Å²) in [5.41, 5.74) is 5.61. The second kappa shape index (κ2) is 9.18. The zero-order chi connectivity index (χ0) is 20.2. The van der Waals surface area contributed by atoms with Crippen LogP contribution in [0.1, 0.15) is 39.3 Å². The summed E-state index contributed by atoms with van der Waals surface area (Å²) >= 11 is 1.92. The molecular formula is C23H30N4OS. The molecule has 154 valence electrons. The van der Waals surface area contributed by atoms with E-state index in [-0.39, 0.29) is 5.91 Å². The highest BCUT2D eigenvalue weighted by Gasteiger charge is 2.31. The number of carbonyl (C=O) groups is 1. The van der Waals surface area contributed by atoms with Crippen LogP contribution in [0.3, 0.4) is 0 Å². The molecule has 1 aromatic carbocycles. The molecule has 4 rings (SSSR count). The molecule has 1 aliphatic heterocycles. The molecular weight excluding hydrogens is 380 g/mol. The molecule has 2 heterocycles. The number of amides is 1. The maximum Gasteiger partial charge on any atom is 0.274 e. The van der Waals surface area contributed by atoms with Gasteiger partial charge in [-0.15, -0.1) is 6.58 Å². The number of aryl methyl sites for hydroxylation is 1. The predicted molar refractivity (Wildman–Crippen MR) is 119 cm³/mol. The highest BCUT2D eigenvalue weighted by molar-refractivity contribution is 7.99. The molecule has 1 aliphatic carbocycles. The van der Waals surface area contributed by atoms with Crippen LogP contribution in [-0.2, 0) is 25.9 Å². The van der Waals surface area contributed by atoms with Gasteiger partial charge in [-0.25, -0.2) is 0 Å². The third-order valence-corrected chi connectivity index (χ3v) is 6.77. The number of carbonyl (C=O) groups excluding carboxylic acids is 1. The van der Waals surface area contributed by atoms with E-state index in [0.717, 1.165) is 56.0 Å². The first-order chi connectivity index (χ1) is 14.2. The highest BCUT2D eigenvalue weighted by atomic mass is 32.2. The maximum atomic E-state index is 13.2. The first kappa shape index (κ1) is 20.2. The van der Waals surface area contributed by atoms with E-state index in [1.807, 2.05) is 27.4 Å². The van der Waals surface area contributed by atoms with E-state index >= 15 is 0 Å². The number of fused-ring (bicyclic) bond motifs is 1. The van der Waals surface area contributed by atoms with E-state index in [4.69, 9.17) is 5.10 Å². The van der Waals surface area contributed by atoms with Crippen molar-refractivity contribution in [1.29, 1.82) is 0 Å². The second-order valence-electron chi connectivity index (χ2n) is 7.96. The molecule has 1 aromatic heterocycles. The summed E-state index contributed by atoms with van der Waals surface area (Å²) in [6.45, 7) is 9.15. The zero-order valence-electron chi connectivity index (χ0n) is 17.2. The zero-order valence-corrected chi connectivity index (χ0v) is 18.0. The van der Waals surface area contributed by atoms with Crippen LogP contribution in [0.2, 0.25) is 0 Å². The normalized spacial score (nSPS) is 19.1. The van der Waals surface area contributed by atoms with Gasteiger partial charge in [0.2, 0.25) is 0 Å². The Morgan fingerprint density at radius 1 is 1.38 bits per heavy atom. The van der Waals surface area contributed by atoms with Crippen LogP contribution in [0.15, 0.2) is 36.9 Å². The number of nitrogens with zero attached hydrogens (tertiary/aromatic N) is 3. The molecule has 1 fully saturated rings. The van der Waals surface area contributed by atoms with Gasteiger partial charge < -0.3 is 10.2 Å². The molecule has 1 atom stereocenters. The van der Waals surface area contributed by atoms with Crippen LogP contribution in [-0.4, -0.2) is 51.2 Å². The predicted octanol–water partition coefficient (Wildman–Crippen LogP) is 3.21. The molecule has 1 amide bonds. The monoisotopic (exact) mass is 410 g/mol. The fraction of sp³-hybridized carbons (Fsp3) is 0.478. The van der Waals surface area contributed by atoms with E-state index in [2.05, 4.69) is 43.1 Å². The molecule has 1 unspecified atom stereocenters. The molecule has 2 aliphatic rings. The molecule has 0 saturated carbocycles. The van der Waals surface area contributed by atoms with Crippen LogP contribution < -0.4 is 5.32 Å². The van der Waals surface area contributed by atoms with Crippen LogP contribution in [0.5, 0.6) is 0 Å². The van der Waals surface area contributed by atoms with Gasteiger partial charge in [0, 0.05) is 48.4 Å². The van der Waals surface area contributed by atoms with Gasteiger partial charge in [-0.05, 0) is 31.7 Å². The Labute approximate surface area is 177 Å². The van der Waals surface area contributed by atoms with Crippen molar-refractivity contribution in [2.75, 3.05) is 24.6 Å². The lowest BCUT2D eigenvalue weighted by Gasteiger charge is -2.27. The first-order valence-corrected chi connectivity index (χ1v) is 11.7. The molecule has 0 radical (unpaired) electrons. The molecule has 5 nitrogen and oxygen atoms in total. The van der Waals surface area contributed by atoms with Crippen molar-refractivity contribution in [2.45, 2.75) is 45.3 Å². The Morgan fingerprint density at radius 2 is 2.21 bits per heavy atom. The number of aromatic nitrogens is 2. The summed E-state index contributed by atoms with van der Waals surface area (Å²) < 4.78 is 1.99. The minimum Gasteiger partial charge on any atom is -0.336 e. The van der Waals surface area contributed by atoms with Gasteiger partial charge in [-0.2, -0.15) is 16.9 Å². The molecule has 6 heteroatoms. The van der Waals surface area contributed by atoms with Gasteiger partial charge in [-0.3, -0.25) is 9.48 Å². The van der Waals surface area contributed by atoms with E-state index in [0.29, 0.717) is 18.3 Å². The first-order valence-electron chi connectivity index (χ1n) is 10.5. The minimum atomic E-state index is 0.101. The van der Waals surface area contributed by atoms with Gasteiger partial charge in [-0.1, -0.05) is 35.9 Å². The standard InChI is InChI=1S/C23H30N4OS/c1-3-9-27-21-8-7-19(24-16-18-6-4-5-17(2)14-18)15-20(21)22(25-27)23(28)26-10-12-29-13-11-26/h3-6,14,19,24H,1,7-13,15-16H2,2H3. The summed E-state index contributed by atoms with van der Waals surface area (Å²) in [6.07, 6.45) is 4.74. The fourth-order valence-electron chi connectivity index (χ4n) is 4.31. The van der Waals surface area contributed by atoms with Gasteiger partial charge in [0.15, 0.2) is 5.69 Å². The fourth-order valence-corrected chi connectivity index (χ4v) is 5.21. The topological polar surface area (TPSA) is 50.2 Å². The molecule has 0 bridgehead atoms. The van der Waals surface area contributed by atoms with Crippen LogP contribution >= 0.6 is 11.8 Å². The third-order valence-electron chi connectivity index (χ3n) is 5.83. The molecule has 2 aromatic rings. The Morgan fingerprint density at radius 3 is 2.97 bits per heavy atom. The van der Waals surface area contributed by atoms with Crippen molar-refractivity contribution < 1.29 is 4.79 Å². The van der Waals surface area contributed by atoms with Crippen molar-refractivity contribution in [3.05, 3.63) is 65.0 Å². The summed E-state index contributed by atoms with van der Waals surface area (Å²) in [6, 6.07) is 9.00. The SMILES string of the molecule is C=CCn1nc(C(=O)N2CCSCC2)c2c1CCC(NCc1cccc(C)c1)C2. The smallest absolute Gasteiger partial charge is 0.274 e. The van der Waals surface area contributed by atoms with Gasteiger partial charge in [0.1, 0.15) is 0 Å². The lowest BCUT2D eigenvalue weighted by Crippen LogP contribution is -2.39. The van der Waals surface area contributed by atoms with E-state index in [1.165, 1.54) is 16.8 Å². The number of hydrogen-bond acceptors (Lipinski definition) is 4. The van der Waals surface area contributed by atoms with Crippen molar-refractivity contribution in [3.63, 3.8) is 0 Å². The van der Waals surface area contributed by atoms with E-state index in [9.17, 15) is 4.79 Å². The van der Waals surface area contributed by atoms with Crippen molar-refractivity contribution in [3.8, 4) is 0 Å². The Hall–Kier alpha value is -2.05. The van der Waals surface area contributed by atoms with Crippen LogP contribution in [0.25, 0.3) is 0 Å². The van der Waals surface area contributed by atoms with E-state index in [1.54, 1.807) is 0 Å². The van der Waals surface area contributed by atoms with Crippen LogP contribution in [0, 0.1) is 6.92 Å². The van der Waals surface area contributed by atoms with E-state index < -0.39 is 0 Å². The largest absolute Gasteiger partial charge is 0.336 e. The van der Waals surface area contributed by atoms with Crippen LogP contribution in [0.4, 0.5) is 0 Å². The maximum absolute atomic E-state index is 13.2. The quantitative estimate of drug-likeness (QED) is 0.743. The third kappa shape index (κ3) is 4.59. The number of rotatable bonds is 6. The summed E-state index contributed by atoms with van der Waals surface area (Å²) in [5.74, 6) is 2.13.